The van der Waals surface area contributed by atoms with E-state index in [0.29, 0.717) is 17.6 Å². The molecule has 0 aliphatic carbocycles. The fraction of sp³-hybridized carbons (Fsp3) is 0.0192. The third-order valence-corrected chi connectivity index (χ3v) is 10.6. The smallest absolute Gasteiger partial charge is 0.238 e. The van der Waals surface area contributed by atoms with Crippen molar-refractivity contribution < 1.29 is 0 Å². The fourth-order valence-corrected chi connectivity index (χ4v) is 7.83. The average Bonchev–Trinajstić information content (AvgIpc) is 3.60. The van der Waals surface area contributed by atoms with Crippen molar-refractivity contribution in [3.8, 4) is 51.0 Å². The van der Waals surface area contributed by atoms with Gasteiger partial charge in [-0.05, 0) is 77.7 Å². The van der Waals surface area contributed by atoms with Crippen molar-refractivity contribution >= 4 is 38.9 Å². The third kappa shape index (κ3) is 6.31. The molecule has 8 aromatic carbocycles. The maximum absolute atomic E-state index is 5.27. The van der Waals surface area contributed by atoms with Crippen LogP contribution in [0, 0.1) is 6.92 Å². The van der Waals surface area contributed by atoms with Crippen LogP contribution < -0.4 is 4.90 Å². The molecule has 0 aliphatic rings. The summed E-state index contributed by atoms with van der Waals surface area (Å²) in [5.41, 5.74) is 12.8. The Morgan fingerprint density at radius 2 is 0.877 bits per heavy atom. The van der Waals surface area contributed by atoms with Gasteiger partial charge in [-0.2, -0.15) is 9.97 Å². The van der Waals surface area contributed by atoms with Crippen LogP contribution in [0.1, 0.15) is 5.56 Å². The molecule has 2 heterocycles. The van der Waals surface area contributed by atoms with E-state index in [1.165, 1.54) is 11.1 Å². The highest BCUT2D eigenvalue weighted by Gasteiger charge is 2.24. The van der Waals surface area contributed by atoms with E-state index in [0.717, 1.165) is 66.7 Å². The molecule has 0 atom stereocenters. The minimum Gasteiger partial charge on any atom is -0.310 e. The number of hydrogen-bond donors (Lipinski definition) is 0. The number of para-hydroxylation sites is 2. The first-order valence-electron chi connectivity index (χ1n) is 19.2. The lowest BCUT2D eigenvalue weighted by Crippen LogP contribution is -2.12. The zero-order valence-corrected chi connectivity index (χ0v) is 31.4. The molecule has 10 aromatic rings. The lowest BCUT2D eigenvalue weighted by atomic mass is 9.95. The summed E-state index contributed by atoms with van der Waals surface area (Å²) >= 11 is 0. The minimum absolute atomic E-state index is 0.552. The van der Waals surface area contributed by atoms with Crippen LogP contribution in [-0.4, -0.2) is 19.5 Å². The van der Waals surface area contributed by atoms with Crippen molar-refractivity contribution in [2.45, 2.75) is 6.92 Å². The van der Waals surface area contributed by atoms with Crippen LogP contribution >= 0.6 is 0 Å². The molecule has 57 heavy (non-hydrogen) atoms. The summed E-state index contributed by atoms with van der Waals surface area (Å²) in [7, 11) is 0. The molecule has 0 saturated heterocycles. The number of hydrogen-bond acceptors (Lipinski definition) is 4. The van der Waals surface area contributed by atoms with Gasteiger partial charge in [-0.3, -0.25) is 4.57 Å². The van der Waals surface area contributed by atoms with Crippen molar-refractivity contribution in [1.29, 1.82) is 0 Å². The van der Waals surface area contributed by atoms with Crippen LogP contribution in [0.5, 0.6) is 0 Å². The highest BCUT2D eigenvalue weighted by molar-refractivity contribution is 6.14. The number of anilines is 3. The number of fused-ring (bicyclic) bond motifs is 3. The number of nitrogens with zero attached hydrogens (tertiary/aromatic N) is 5. The molecule has 0 fully saturated rings. The number of rotatable bonds is 8. The first-order valence-corrected chi connectivity index (χ1v) is 19.2. The van der Waals surface area contributed by atoms with Crippen molar-refractivity contribution in [2.24, 2.45) is 0 Å². The van der Waals surface area contributed by atoms with Gasteiger partial charge < -0.3 is 4.90 Å². The molecule has 10 rings (SSSR count). The van der Waals surface area contributed by atoms with E-state index in [2.05, 4.69) is 186 Å². The predicted molar refractivity (Wildman–Crippen MR) is 235 cm³/mol. The Morgan fingerprint density at radius 1 is 0.386 bits per heavy atom. The van der Waals surface area contributed by atoms with Gasteiger partial charge >= 0.3 is 0 Å². The topological polar surface area (TPSA) is 46.8 Å². The summed E-state index contributed by atoms with van der Waals surface area (Å²) in [6, 6.07) is 72.2. The Labute approximate surface area is 331 Å². The molecule has 0 N–H and O–H groups in total. The third-order valence-electron chi connectivity index (χ3n) is 10.6. The highest BCUT2D eigenvalue weighted by Crippen LogP contribution is 2.46. The Kier molecular flexibility index (Phi) is 8.65. The molecular formula is C52H37N5. The van der Waals surface area contributed by atoms with Gasteiger partial charge in [0.15, 0.2) is 11.6 Å². The minimum atomic E-state index is 0.552. The second-order valence-corrected chi connectivity index (χ2v) is 14.2. The van der Waals surface area contributed by atoms with Gasteiger partial charge in [0.2, 0.25) is 5.95 Å². The van der Waals surface area contributed by atoms with E-state index < -0.39 is 0 Å². The van der Waals surface area contributed by atoms with Crippen LogP contribution in [0.25, 0.3) is 72.8 Å². The van der Waals surface area contributed by atoms with E-state index >= 15 is 0 Å². The van der Waals surface area contributed by atoms with Crippen molar-refractivity contribution in [2.75, 3.05) is 4.90 Å². The lowest BCUT2D eigenvalue weighted by molar-refractivity contribution is 0.953. The summed E-state index contributed by atoms with van der Waals surface area (Å²) in [6.07, 6.45) is 0. The average molecular weight is 732 g/mol. The van der Waals surface area contributed by atoms with Crippen molar-refractivity contribution in [1.82, 2.24) is 19.5 Å². The summed E-state index contributed by atoms with van der Waals surface area (Å²) in [5, 5.41) is 2.22. The number of aromatic nitrogens is 4. The molecule has 5 heteroatoms. The van der Waals surface area contributed by atoms with E-state index in [1.807, 2.05) is 36.4 Å². The van der Waals surface area contributed by atoms with Gasteiger partial charge in [0.25, 0.3) is 0 Å². The Morgan fingerprint density at radius 3 is 1.44 bits per heavy atom. The maximum atomic E-state index is 5.27. The Bertz CT molecular complexity index is 2900. The second-order valence-electron chi connectivity index (χ2n) is 14.2. The molecule has 270 valence electrons. The van der Waals surface area contributed by atoms with Gasteiger partial charge in [0.1, 0.15) is 0 Å². The maximum Gasteiger partial charge on any atom is 0.238 e. The van der Waals surface area contributed by atoms with Gasteiger partial charge in [-0.1, -0.05) is 158 Å². The quantitative estimate of drug-likeness (QED) is 0.156. The standard InChI is InChI=1S/C52H37N5/c1-36-19-17-18-30-43(36)45-34-46-44-33-40(37-20-7-2-8-21-37)31-32-47(44)57(49(46)35-48(45)56(41-26-13-5-14-27-41)42-28-15-6-16-29-42)52-54-50(38-22-9-3-10-23-38)53-51(55-52)39-24-11-4-12-25-39/h2-35H,1H3. The predicted octanol–water partition coefficient (Wildman–Crippen LogP) is 13.4. The summed E-state index contributed by atoms with van der Waals surface area (Å²) in [4.78, 5) is 17.9. The number of aryl methyl sites for hydroxylation is 1. The zero-order chi connectivity index (χ0) is 38.1. The molecule has 0 aliphatic heterocycles. The van der Waals surface area contributed by atoms with Crippen molar-refractivity contribution in [3.63, 3.8) is 0 Å². The van der Waals surface area contributed by atoms with Crippen LogP contribution in [0.2, 0.25) is 0 Å². The van der Waals surface area contributed by atoms with Gasteiger partial charge in [-0.25, -0.2) is 4.98 Å². The van der Waals surface area contributed by atoms with Gasteiger partial charge in [-0.15, -0.1) is 0 Å². The molecule has 2 aromatic heterocycles. The fourth-order valence-electron chi connectivity index (χ4n) is 7.83. The molecule has 0 spiro atoms. The number of benzene rings is 8. The van der Waals surface area contributed by atoms with Crippen LogP contribution in [0.4, 0.5) is 17.1 Å². The molecule has 0 bridgehead atoms. The first-order chi connectivity index (χ1) is 28.2. The molecule has 0 saturated carbocycles. The molecule has 0 radical (unpaired) electrons. The highest BCUT2D eigenvalue weighted by atomic mass is 15.2. The summed E-state index contributed by atoms with van der Waals surface area (Å²) < 4.78 is 2.22. The molecular weight excluding hydrogens is 695 g/mol. The Balaban J connectivity index is 1.34. The SMILES string of the molecule is Cc1ccccc1-c1cc2c3cc(-c4ccccc4)ccc3n(-c3nc(-c4ccccc4)nc(-c4ccccc4)n3)c2cc1N(c1ccccc1)c1ccccc1. The van der Waals surface area contributed by atoms with Crippen molar-refractivity contribution in [3.05, 3.63) is 212 Å². The monoisotopic (exact) mass is 731 g/mol. The van der Waals surface area contributed by atoms with Gasteiger partial charge in [0, 0.05) is 38.8 Å². The van der Waals surface area contributed by atoms with Crippen LogP contribution in [0.15, 0.2) is 206 Å². The molecule has 5 nitrogen and oxygen atoms in total. The normalized spacial score (nSPS) is 11.2. The lowest BCUT2D eigenvalue weighted by Gasteiger charge is -2.28. The van der Waals surface area contributed by atoms with E-state index in [1.54, 1.807) is 0 Å². The largest absolute Gasteiger partial charge is 0.310 e. The Hall–Kier alpha value is -7.63. The van der Waals surface area contributed by atoms with E-state index in [9.17, 15) is 0 Å². The molecule has 0 amide bonds. The zero-order valence-electron chi connectivity index (χ0n) is 31.4. The molecule has 0 unspecified atom stereocenters. The van der Waals surface area contributed by atoms with Gasteiger partial charge in [0.05, 0.1) is 16.7 Å². The van der Waals surface area contributed by atoms with E-state index in [4.69, 9.17) is 15.0 Å². The van der Waals surface area contributed by atoms with Crippen LogP contribution in [0.3, 0.4) is 0 Å². The second kappa shape index (κ2) is 14.5. The summed E-state index contributed by atoms with van der Waals surface area (Å²) in [6.45, 7) is 2.19. The van der Waals surface area contributed by atoms with E-state index in [-0.39, 0.29) is 0 Å². The van der Waals surface area contributed by atoms with Crippen LogP contribution in [-0.2, 0) is 0 Å². The first kappa shape index (κ1) is 33.9. The summed E-state index contributed by atoms with van der Waals surface area (Å²) in [5.74, 6) is 1.78.